The van der Waals surface area contributed by atoms with Gasteiger partial charge in [0, 0.05) is 16.8 Å². The maximum atomic E-state index is 12.4. The van der Waals surface area contributed by atoms with Crippen LogP contribution >= 0.6 is 0 Å². The van der Waals surface area contributed by atoms with E-state index >= 15 is 0 Å². The van der Waals surface area contributed by atoms with Crippen molar-refractivity contribution >= 4 is 28.3 Å². The summed E-state index contributed by atoms with van der Waals surface area (Å²) in [6.07, 6.45) is 0.811. The first-order chi connectivity index (χ1) is 12.6. The van der Waals surface area contributed by atoms with Crippen LogP contribution in [0, 0.1) is 0 Å². The van der Waals surface area contributed by atoms with E-state index in [9.17, 15) is 9.59 Å². The number of hydrogen-bond donors (Lipinski definition) is 2. The fraction of sp³-hybridized carbons (Fsp3) is 0.250. The number of anilines is 1. The van der Waals surface area contributed by atoms with E-state index in [2.05, 4.69) is 15.5 Å². The molecular formula is C20H21N3O3. The van der Waals surface area contributed by atoms with Crippen LogP contribution in [0.15, 0.2) is 48.5 Å². The van der Waals surface area contributed by atoms with Gasteiger partial charge in [0.15, 0.2) is 11.8 Å². The Morgan fingerprint density at radius 1 is 1.19 bits per heavy atom. The maximum absolute atomic E-state index is 12.4. The van der Waals surface area contributed by atoms with Crippen LogP contribution in [0.4, 0.5) is 5.69 Å². The Bertz CT molecular complexity index is 927. The summed E-state index contributed by atoms with van der Waals surface area (Å²) in [5.41, 5.74) is 1.73. The lowest BCUT2D eigenvalue weighted by atomic mass is 10.1. The van der Waals surface area contributed by atoms with E-state index in [1.807, 2.05) is 49.4 Å². The number of benzene rings is 2. The molecule has 1 aromatic heterocycles. The second-order valence-electron chi connectivity index (χ2n) is 6.09. The van der Waals surface area contributed by atoms with Gasteiger partial charge in [-0.3, -0.25) is 9.89 Å². The van der Waals surface area contributed by atoms with Gasteiger partial charge in [-0.1, -0.05) is 49.7 Å². The lowest BCUT2D eigenvalue weighted by molar-refractivity contribution is -0.123. The van der Waals surface area contributed by atoms with Crippen LogP contribution in [-0.2, 0) is 16.0 Å². The maximum Gasteiger partial charge on any atom is 0.359 e. The standard InChI is InChI=1S/C20H21N3O3/c1-3-7-15-12-18(23-22-15)20(25)26-13(2)19(24)21-17-11-6-9-14-8-4-5-10-16(14)17/h4-6,8-13H,3,7H2,1-2H3,(H,21,24)(H,22,23). The number of ether oxygens (including phenoxy) is 1. The highest BCUT2D eigenvalue weighted by Crippen LogP contribution is 2.23. The number of hydrogen-bond acceptors (Lipinski definition) is 4. The zero-order valence-electron chi connectivity index (χ0n) is 14.8. The van der Waals surface area contributed by atoms with E-state index < -0.39 is 12.1 Å². The summed E-state index contributed by atoms with van der Waals surface area (Å²) >= 11 is 0. The fourth-order valence-corrected chi connectivity index (χ4v) is 2.71. The Balaban J connectivity index is 1.66. The number of H-pyrrole nitrogens is 1. The topological polar surface area (TPSA) is 84.1 Å². The highest BCUT2D eigenvalue weighted by atomic mass is 16.5. The zero-order valence-corrected chi connectivity index (χ0v) is 14.8. The number of carbonyl (C=O) groups is 2. The minimum absolute atomic E-state index is 0.179. The second-order valence-corrected chi connectivity index (χ2v) is 6.09. The molecular weight excluding hydrogens is 330 g/mol. The normalized spacial score (nSPS) is 11.9. The number of carbonyl (C=O) groups excluding carboxylic acids is 2. The fourth-order valence-electron chi connectivity index (χ4n) is 2.71. The van der Waals surface area contributed by atoms with Crippen molar-refractivity contribution in [3.8, 4) is 0 Å². The average Bonchev–Trinajstić information content (AvgIpc) is 3.11. The molecule has 0 saturated heterocycles. The summed E-state index contributed by atoms with van der Waals surface area (Å²) in [6, 6.07) is 15.1. The minimum atomic E-state index is -0.937. The number of aryl methyl sites for hydroxylation is 1. The van der Waals surface area contributed by atoms with Crippen LogP contribution in [-0.4, -0.2) is 28.2 Å². The van der Waals surface area contributed by atoms with Crippen LogP contribution in [0.1, 0.15) is 36.5 Å². The van der Waals surface area contributed by atoms with Crippen LogP contribution in [0.5, 0.6) is 0 Å². The van der Waals surface area contributed by atoms with Crippen molar-refractivity contribution in [2.45, 2.75) is 32.8 Å². The van der Waals surface area contributed by atoms with Gasteiger partial charge in [0.25, 0.3) is 5.91 Å². The molecule has 3 aromatic rings. The third-order valence-corrected chi connectivity index (χ3v) is 4.06. The van der Waals surface area contributed by atoms with Crippen LogP contribution in [0.25, 0.3) is 10.8 Å². The summed E-state index contributed by atoms with van der Waals surface area (Å²) in [6.45, 7) is 3.58. The van der Waals surface area contributed by atoms with Gasteiger partial charge >= 0.3 is 5.97 Å². The van der Waals surface area contributed by atoms with Crippen LogP contribution in [0.3, 0.4) is 0 Å². The van der Waals surface area contributed by atoms with Gasteiger partial charge in [-0.15, -0.1) is 0 Å². The molecule has 1 unspecified atom stereocenters. The number of amides is 1. The first-order valence-corrected chi connectivity index (χ1v) is 8.62. The van der Waals surface area contributed by atoms with Crippen molar-refractivity contribution in [3.63, 3.8) is 0 Å². The van der Waals surface area contributed by atoms with E-state index in [1.54, 1.807) is 6.07 Å². The quantitative estimate of drug-likeness (QED) is 0.663. The monoisotopic (exact) mass is 351 g/mol. The molecule has 3 rings (SSSR count). The van der Waals surface area contributed by atoms with Gasteiger partial charge in [0.2, 0.25) is 0 Å². The summed E-state index contributed by atoms with van der Waals surface area (Å²) in [5, 5.41) is 11.5. The Hall–Kier alpha value is -3.15. The molecule has 2 aromatic carbocycles. The smallest absolute Gasteiger partial charge is 0.359 e. The number of esters is 1. The Kier molecular flexibility index (Phi) is 5.31. The number of aromatic amines is 1. The Morgan fingerprint density at radius 3 is 2.77 bits per heavy atom. The molecule has 0 bridgehead atoms. The van der Waals surface area contributed by atoms with Crippen molar-refractivity contribution in [3.05, 3.63) is 59.9 Å². The molecule has 0 fully saturated rings. The predicted octanol–water partition coefficient (Wildman–Crippen LogP) is 3.70. The SMILES string of the molecule is CCCc1cc(C(=O)OC(C)C(=O)Nc2cccc3ccccc23)n[nH]1. The first kappa shape index (κ1) is 17.7. The Morgan fingerprint density at radius 2 is 1.96 bits per heavy atom. The lowest BCUT2D eigenvalue weighted by Crippen LogP contribution is -2.30. The second kappa shape index (κ2) is 7.82. The molecule has 1 amide bonds. The van der Waals surface area contributed by atoms with Gasteiger partial charge < -0.3 is 10.1 Å². The van der Waals surface area contributed by atoms with Crippen LogP contribution < -0.4 is 5.32 Å². The highest BCUT2D eigenvalue weighted by Gasteiger charge is 2.21. The van der Waals surface area contributed by atoms with Gasteiger partial charge in [-0.25, -0.2) is 4.79 Å². The number of aromatic nitrogens is 2. The molecule has 6 heteroatoms. The highest BCUT2D eigenvalue weighted by molar-refractivity contribution is 6.04. The van der Waals surface area contributed by atoms with Crippen LogP contribution in [0.2, 0.25) is 0 Å². The third kappa shape index (κ3) is 3.91. The van der Waals surface area contributed by atoms with Crippen molar-refractivity contribution in [2.75, 3.05) is 5.32 Å². The summed E-state index contributed by atoms with van der Waals surface area (Å²) in [5.74, 6) is -1.01. The Labute approximate surface area is 151 Å². The van der Waals surface area contributed by atoms with Crippen molar-refractivity contribution in [1.82, 2.24) is 10.2 Å². The molecule has 0 aliphatic carbocycles. The molecule has 6 nitrogen and oxygen atoms in total. The summed E-state index contributed by atoms with van der Waals surface area (Å²) in [7, 11) is 0. The van der Waals surface area contributed by atoms with Gasteiger partial charge in [-0.2, -0.15) is 5.10 Å². The van der Waals surface area contributed by atoms with Crippen molar-refractivity contribution in [2.24, 2.45) is 0 Å². The van der Waals surface area contributed by atoms with E-state index in [0.717, 1.165) is 29.3 Å². The van der Waals surface area contributed by atoms with E-state index in [1.165, 1.54) is 6.92 Å². The number of nitrogens with one attached hydrogen (secondary N) is 2. The van der Waals surface area contributed by atoms with E-state index in [0.29, 0.717) is 5.69 Å². The molecule has 0 spiro atoms. The van der Waals surface area contributed by atoms with E-state index in [4.69, 9.17) is 4.74 Å². The largest absolute Gasteiger partial charge is 0.448 e. The molecule has 0 aliphatic rings. The molecule has 26 heavy (non-hydrogen) atoms. The summed E-state index contributed by atoms with van der Waals surface area (Å²) in [4.78, 5) is 24.6. The lowest BCUT2D eigenvalue weighted by Gasteiger charge is -2.14. The minimum Gasteiger partial charge on any atom is -0.448 e. The van der Waals surface area contributed by atoms with Gasteiger partial charge in [-0.05, 0) is 30.9 Å². The molecule has 0 radical (unpaired) electrons. The summed E-state index contributed by atoms with van der Waals surface area (Å²) < 4.78 is 5.24. The molecule has 1 atom stereocenters. The zero-order chi connectivity index (χ0) is 18.5. The molecule has 0 saturated carbocycles. The van der Waals surface area contributed by atoms with E-state index in [-0.39, 0.29) is 11.6 Å². The van der Waals surface area contributed by atoms with Crippen molar-refractivity contribution < 1.29 is 14.3 Å². The van der Waals surface area contributed by atoms with Gasteiger partial charge in [0.05, 0.1) is 0 Å². The number of nitrogens with zero attached hydrogens (tertiary/aromatic N) is 1. The first-order valence-electron chi connectivity index (χ1n) is 8.62. The number of rotatable bonds is 6. The predicted molar refractivity (Wildman–Crippen MR) is 100 cm³/mol. The third-order valence-electron chi connectivity index (χ3n) is 4.06. The van der Waals surface area contributed by atoms with Gasteiger partial charge in [0.1, 0.15) is 0 Å². The number of fused-ring (bicyclic) bond motifs is 1. The van der Waals surface area contributed by atoms with Crippen molar-refractivity contribution in [1.29, 1.82) is 0 Å². The molecule has 1 heterocycles. The average molecular weight is 351 g/mol. The molecule has 0 aliphatic heterocycles. The molecule has 2 N–H and O–H groups in total. The molecule has 134 valence electrons.